The van der Waals surface area contributed by atoms with Gasteiger partial charge >= 0.3 is 12.4 Å². The molecule has 12 heteroatoms. The van der Waals surface area contributed by atoms with Crippen molar-refractivity contribution in [3.05, 3.63) is 99.1 Å². The highest BCUT2D eigenvalue weighted by Gasteiger charge is 2.38. The number of pyridine rings is 2. The molecular formula is C30H25F6N3O3. The molecule has 0 unspecified atom stereocenters. The average molecular weight is 594 g/mol. The highest BCUT2D eigenvalue weighted by molar-refractivity contribution is 6.07. The Morgan fingerprint density at radius 3 is 2.21 bits per heavy atom. The summed E-state index contributed by atoms with van der Waals surface area (Å²) < 4.78 is 117. The normalized spacial score (nSPS) is 20.1. The molecule has 1 aliphatic rings. The quantitative estimate of drug-likeness (QED) is 0.283. The van der Waals surface area contributed by atoms with Crippen molar-refractivity contribution in [3.8, 4) is 11.1 Å². The number of aliphatic hydroxyl groups is 1. The molecule has 0 radical (unpaired) electrons. The monoisotopic (exact) mass is 593 g/mol. The van der Waals surface area contributed by atoms with Gasteiger partial charge in [-0.2, -0.15) is 26.3 Å². The fourth-order valence-electron chi connectivity index (χ4n) is 4.85. The van der Waals surface area contributed by atoms with Gasteiger partial charge in [-0.15, -0.1) is 0 Å². The van der Waals surface area contributed by atoms with Crippen LogP contribution >= 0.6 is 0 Å². The minimum absolute atomic E-state index is 0.0588. The molecular weight excluding hydrogens is 564 g/mol. The Kier molecular flexibility index (Phi) is 6.34. The first-order valence-electron chi connectivity index (χ1n) is 14.6. The first-order chi connectivity index (χ1) is 21.3. The molecule has 0 bridgehead atoms. The van der Waals surface area contributed by atoms with Crippen LogP contribution in [0.5, 0.6) is 0 Å². The van der Waals surface area contributed by atoms with E-state index in [1.165, 1.54) is 49.5 Å². The third-order valence-electron chi connectivity index (χ3n) is 6.80. The molecule has 2 aromatic heterocycles. The standard InChI is InChI=1S/C30H25F6N3O3/c1-17-8-10-39-26(24(20-6-4-18(16-40)5-7-20)23-3-2-9-37-25(23)27(39)41)28(42)38(14-17)15-19-11-21(29(31,32)33)13-22(12-19)30(34,35)36/h2-7,9,11-13,17,40H,8,10,14-16H2,1H3/t17-/m1/s1/i8D2,10D2. The predicted molar refractivity (Wildman–Crippen MR) is 142 cm³/mol. The summed E-state index contributed by atoms with van der Waals surface area (Å²) in [5.74, 6) is -2.55. The van der Waals surface area contributed by atoms with E-state index in [4.69, 9.17) is 5.48 Å². The number of benzene rings is 2. The number of hydrogen-bond acceptors (Lipinski definition) is 4. The molecule has 0 fully saturated rings. The Balaban J connectivity index is 1.84. The topological polar surface area (TPSA) is 75.4 Å². The third-order valence-corrected chi connectivity index (χ3v) is 6.80. The molecule has 5 rings (SSSR count). The second kappa shape index (κ2) is 10.9. The largest absolute Gasteiger partial charge is 0.416 e. The van der Waals surface area contributed by atoms with Gasteiger partial charge in [0.05, 0.1) is 17.7 Å². The van der Waals surface area contributed by atoms with E-state index in [9.17, 15) is 41.0 Å². The van der Waals surface area contributed by atoms with E-state index < -0.39 is 78.1 Å². The first-order valence-corrected chi connectivity index (χ1v) is 12.6. The molecule has 42 heavy (non-hydrogen) atoms. The van der Waals surface area contributed by atoms with Crippen LogP contribution in [0.15, 0.2) is 65.6 Å². The van der Waals surface area contributed by atoms with Gasteiger partial charge in [0.25, 0.3) is 11.5 Å². The summed E-state index contributed by atoms with van der Waals surface area (Å²) in [5, 5.41) is 9.59. The van der Waals surface area contributed by atoms with Crippen molar-refractivity contribution in [2.75, 3.05) is 6.54 Å². The van der Waals surface area contributed by atoms with Crippen LogP contribution in [0.25, 0.3) is 22.0 Å². The van der Waals surface area contributed by atoms with Crippen LogP contribution in [-0.4, -0.2) is 32.0 Å². The van der Waals surface area contributed by atoms with Crippen molar-refractivity contribution in [1.82, 2.24) is 14.5 Å². The lowest BCUT2D eigenvalue weighted by Crippen LogP contribution is -2.41. The number of nitrogens with zero attached hydrogens (tertiary/aromatic N) is 3. The number of amides is 1. The van der Waals surface area contributed by atoms with Gasteiger partial charge in [-0.25, -0.2) is 0 Å². The van der Waals surface area contributed by atoms with Gasteiger partial charge in [0, 0.05) is 42.2 Å². The summed E-state index contributed by atoms with van der Waals surface area (Å²) in [4.78, 5) is 33.3. The van der Waals surface area contributed by atoms with Gasteiger partial charge in [0.2, 0.25) is 0 Å². The fraction of sp³-hybridized carbons (Fsp3) is 0.300. The number of halogens is 6. The van der Waals surface area contributed by atoms with Crippen LogP contribution in [-0.2, 0) is 32.0 Å². The molecule has 220 valence electrons. The SMILES string of the molecule is [2H]C1([2H])[C@@H](C)CN(Cc2cc(C(F)(F)F)cc(C(F)(F)F)c2)C(=O)c2c(-c3ccc(CO)cc3)c3cccnc3c(=O)n2C1([2H])[2H]. The number of alkyl halides is 6. The molecule has 4 aromatic rings. The molecule has 1 aliphatic heterocycles. The lowest BCUT2D eigenvalue weighted by atomic mass is 9.95. The molecule has 0 saturated carbocycles. The summed E-state index contributed by atoms with van der Waals surface area (Å²) in [6, 6.07) is 9.60. The van der Waals surface area contributed by atoms with Gasteiger partial charge in [-0.05, 0) is 53.2 Å². The maximum Gasteiger partial charge on any atom is 0.416 e. The summed E-state index contributed by atoms with van der Waals surface area (Å²) in [7, 11) is 0. The lowest BCUT2D eigenvalue weighted by Gasteiger charge is -2.32. The van der Waals surface area contributed by atoms with Crippen molar-refractivity contribution in [2.45, 2.75) is 45.3 Å². The number of fused-ring (bicyclic) bond motifs is 2. The van der Waals surface area contributed by atoms with Crippen LogP contribution in [0.4, 0.5) is 26.3 Å². The van der Waals surface area contributed by atoms with Crippen LogP contribution < -0.4 is 5.56 Å². The van der Waals surface area contributed by atoms with E-state index in [1.807, 2.05) is 0 Å². The van der Waals surface area contributed by atoms with E-state index in [-0.39, 0.29) is 34.7 Å². The van der Waals surface area contributed by atoms with Gasteiger partial charge in [-0.3, -0.25) is 14.6 Å². The molecule has 0 saturated heterocycles. The Morgan fingerprint density at radius 2 is 1.62 bits per heavy atom. The molecule has 3 heterocycles. The molecule has 1 amide bonds. The molecule has 1 atom stereocenters. The minimum atomic E-state index is -5.17. The van der Waals surface area contributed by atoms with Crippen LogP contribution in [0.2, 0.25) is 0 Å². The fourth-order valence-corrected chi connectivity index (χ4v) is 4.85. The van der Waals surface area contributed by atoms with Gasteiger partial charge in [0.15, 0.2) is 0 Å². The number of aliphatic hydroxyl groups excluding tert-OH is 1. The summed E-state index contributed by atoms with van der Waals surface area (Å²) in [6.07, 6.45) is -12.0. The number of carbonyl (C=O) groups is 1. The average Bonchev–Trinajstić information content (AvgIpc) is 2.98. The minimum Gasteiger partial charge on any atom is -0.392 e. The molecule has 0 aliphatic carbocycles. The number of hydrogen-bond donors (Lipinski definition) is 1. The van der Waals surface area contributed by atoms with E-state index in [2.05, 4.69) is 4.98 Å². The Hall–Kier alpha value is -4.19. The van der Waals surface area contributed by atoms with Crippen molar-refractivity contribution in [2.24, 2.45) is 5.92 Å². The van der Waals surface area contributed by atoms with E-state index >= 15 is 0 Å². The summed E-state index contributed by atoms with van der Waals surface area (Å²) in [6.45, 7) is -3.82. The maximum absolute atomic E-state index is 14.5. The van der Waals surface area contributed by atoms with Crippen molar-refractivity contribution in [3.63, 3.8) is 0 Å². The van der Waals surface area contributed by atoms with Crippen LogP contribution in [0.3, 0.4) is 0 Å². The molecule has 6 nitrogen and oxygen atoms in total. The number of carbonyl (C=O) groups excluding carboxylic acids is 1. The van der Waals surface area contributed by atoms with Gasteiger partial charge in [0.1, 0.15) is 11.2 Å². The number of rotatable bonds is 4. The van der Waals surface area contributed by atoms with Crippen LogP contribution in [0, 0.1) is 5.92 Å². The second-order valence-corrected chi connectivity index (χ2v) is 9.88. The zero-order chi connectivity index (χ0) is 34.0. The van der Waals surface area contributed by atoms with E-state index in [1.54, 1.807) is 0 Å². The zero-order valence-electron chi connectivity index (χ0n) is 25.8. The molecule has 1 N–H and O–H groups in total. The smallest absolute Gasteiger partial charge is 0.392 e. The number of aromatic nitrogens is 2. The van der Waals surface area contributed by atoms with Gasteiger partial charge < -0.3 is 14.6 Å². The first kappa shape index (κ1) is 24.4. The van der Waals surface area contributed by atoms with Crippen molar-refractivity contribution < 1.29 is 41.7 Å². The molecule has 2 aromatic carbocycles. The Morgan fingerprint density at radius 1 is 0.976 bits per heavy atom. The summed E-state index contributed by atoms with van der Waals surface area (Å²) in [5.41, 5.74) is -5.36. The Bertz CT molecular complexity index is 1860. The molecule has 0 spiro atoms. The van der Waals surface area contributed by atoms with E-state index in [0.29, 0.717) is 22.3 Å². The Labute approximate surface area is 241 Å². The highest BCUT2D eigenvalue weighted by Crippen LogP contribution is 2.37. The van der Waals surface area contributed by atoms with Crippen LogP contribution in [0.1, 0.15) is 51.5 Å². The van der Waals surface area contributed by atoms with Gasteiger partial charge in [-0.1, -0.05) is 37.3 Å². The van der Waals surface area contributed by atoms with E-state index in [0.717, 1.165) is 4.90 Å². The zero-order valence-corrected chi connectivity index (χ0v) is 21.8. The lowest BCUT2D eigenvalue weighted by molar-refractivity contribution is -0.143. The summed E-state index contributed by atoms with van der Waals surface area (Å²) >= 11 is 0. The van der Waals surface area contributed by atoms with Crippen molar-refractivity contribution >= 4 is 16.8 Å². The highest BCUT2D eigenvalue weighted by atomic mass is 19.4. The predicted octanol–water partition coefficient (Wildman–Crippen LogP) is 6.28. The maximum atomic E-state index is 14.5. The van der Waals surface area contributed by atoms with Crippen molar-refractivity contribution in [1.29, 1.82) is 0 Å². The second-order valence-electron chi connectivity index (χ2n) is 9.88. The third kappa shape index (κ3) is 5.63.